The third-order valence-electron chi connectivity index (χ3n) is 2.95. The number of aromatic nitrogens is 3. The van der Waals surface area contributed by atoms with E-state index in [0.29, 0.717) is 19.5 Å². The van der Waals surface area contributed by atoms with Crippen molar-refractivity contribution in [1.82, 2.24) is 20.1 Å². The molecule has 0 saturated heterocycles. The van der Waals surface area contributed by atoms with Crippen molar-refractivity contribution in [2.24, 2.45) is 0 Å². The normalized spacial score (nSPS) is 11.3. The molecule has 2 heterocycles. The molecule has 0 atom stereocenters. The number of pyridine rings is 1. The Hall–Kier alpha value is -2.58. The van der Waals surface area contributed by atoms with Crippen LogP contribution in [0.4, 0.5) is 13.2 Å². The molecule has 0 aliphatic carbocycles. The highest BCUT2D eigenvalue weighted by atomic mass is 19.4. The smallest absolute Gasteiger partial charge is 0.422 e. The highest BCUT2D eigenvalue weighted by molar-refractivity contribution is 5.92. The maximum Gasteiger partial charge on any atom is 0.422 e. The molecule has 2 aromatic heterocycles. The number of carbonyl (C=O) groups excluding carboxylic acids is 1. The van der Waals surface area contributed by atoms with Crippen LogP contribution in [0, 0.1) is 6.92 Å². The maximum atomic E-state index is 12.1. The zero-order valence-electron chi connectivity index (χ0n) is 13.0. The van der Waals surface area contributed by atoms with Crippen molar-refractivity contribution < 1.29 is 22.7 Å². The van der Waals surface area contributed by atoms with Gasteiger partial charge >= 0.3 is 6.18 Å². The molecule has 2 rings (SSSR count). The summed E-state index contributed by atoms with van der Waals surface area (Å²) in [5.74, 6) is -0.712. The van der Waals surface area contributed by atoms with Gasteiger partial charge in [-0.1, -0.05) is 6.07 Å². The first-order chi connectivity index (χ1) is 11.3. The Morgan fingerprint density at radius 3 is 2.83 bits per heavy atom. The predicted molar refractivity (Wildman–Crippen MR) is 79.7 cm³/mol. The number of nitrogens with one attached hydrogen (secondary N) is 1. The molecule has 0 bridgehead atoms. The molecule has 0 unspecified atom stereocenters. The van der Waals surface area contributed by atoms with E-state index in [1.165, 1.54) is 18.2 Å². The Kier molecular flexibility index (Phi) is 5.78. The van der Waals surface area contributed by atoms with Crippen molar-refractivity contribution in [3.63, 3.8) is 0 Å². The number of aryl methyl sites for hydroxylation is 2. The average molecular weight is 342 g/mol. The molecule has 24 heavy (non-hydrogen) atoms. The van der Waals surface area contributed by atoms with Crippen molar-refractivity contribution in [3.8, 4) is 5.88 Å². The van der Waals surface area contributed by atoms with Crippen LogP contribution in [0.15, 0.2) is 30.6 Å². The summed E-state index contributed by atoms with van der Waals surface area (Å²) in [6, 6.07) is 4.09. The van der Waals surface area contributed by atoms with Gasteiger partial charge in [0.05, 0.1) is 6.20 Å². The largest absolute Gasteiger partial charge is 0.468 e. The lowest BCUT2D eigenvalue weighted by Crippen LogP contribution is -2.26. The van der Waals surface area contributed by atoms with E-state index in [0.717, 1.165) is 5.56 Å². The zero-order valence-corrected chi connectivity index (χ0v) is 13.0. The van der Waals surface area contributed by atoms with E-state index in [1.807, 2.05) is 13.1 Å². The highest BCUT2D eigenvalue weighted by Gasteiger charge is 2.28. The van der Waals surface area contributed by atoms with E-state index < -0.39 is 18.7 Å². The minimum Gasteiger partial charge on any atom is -0.468 e. The molecule has 0 fully saturated rings. The van der Waals surface area contributed by atoms with Gasteiger partial charge < -0.3 is 10.1 Å². The fourth-order valence-electron chi connectivity index (χ4n) is 1.90. The number of hydrogen-bond donors (Lipinski definition) is 1. The molecule has 9 heteroatoms. The second kappa shape index (κ2) is 7.80. The van der Waals surface area contributed by atoms with Crippen molar-refractivity contribution >= 4 is 5.91 Å². The summed E-state index contributed by atoms with van der Waals surface area (Å²) in [7, 11) is 0. The number of carbonyl (C=O) groups is 1. The second-order valence-electron chi connectivity index (χ2n) is 5.16. The first kappa shape index (κ1) is 17.8. The minimum absolute atomic E-state index is 0.00427. The Morgan fingerprint density at radius 2 is 2.17 bits per heavy atom. The topological polar surface area (TPSA) is 69.0 Å². The molecule has 1 amide bonds. The average Bonchev–Trinajstić information content (AvgIpc) is 2.94. The molecule has 2 aromatic rings. The van der Waals surface area contributed by atoms with Crippen LogP contribution in [-0.2, 0) is 6.54 Å². The van der Waals surface area contributed by atoms with Crippen LogP contribution in [-0.4, -0.2) is 40.0 Å². The van der Waals surface area contributed by atoms with Gasteiger partial charge in [0, 0.05) is 25.4 Å². The lowest BCUT2D eigenvalue weighted by molar-refractivity contribution is -0.154. The monoisotopic (exact) mass is 342 g/mol. The van der Waals surface area contributed by atoms with Gasteiger partial charge in [-0.3, -0.25) is 9.48 Å². The molecule has 130 valence electrons. The van der Waals surface area contributed by atoms with Crippen LogP contribution in [0.2, 0.25) is 0 Å². The molecule has 0 aliphatic heterocycles. The molecule has 0 radical (unpaired) electrons. The molecular formula is C15H17F3N4O2. The van der Waals surface area contributed by atoms with Crippen molar-refractivity contribution in [2.75, 3.05) is 13.2 Å². The van der Waals surface area contributed by atoms with E-state index in [9.17, 15) is 18.0 Å². The quantitative estimate of drug-likeness (QED) is 0.784. The third-order valence-corrected chi connectivity index (χ3v) is 2.95. The van der Waals surface area contributed by atoms with Crippen molar-refractivity contribution in [1.29, 1.82) is 0 Å². The van der Waals surface area contributed by atoms with Gasteiger partial charge in [-0.25, -0.2) is 4.98 Å². The Labute approximate surface area is 136 Å². The van der Waals surface area contributed by atoms with Gasteiger partial charge in [-0.05, 0) is 25.0 Å². The standard InChI is InChI=1S/C15H17F3N4O2/c1-11-8-20-22(9-11)7-3-6-19-14(23)12-4-2-5-13(21-12)24-10-15(16,17)18/h2,4-5,8-9H,3,6-7,10H2,1H3,(H,19,23). The molecule has 0 spiro atoms. The van der Waals surface area contributed by atoms with E-state index in [-0.39, 0.29) is 11.6 Å². The third kappa shape index (κ3) is 5.90. The highest BCUT2D eigenvalue weighted by Crippen LogP contribution is 2.17. The summed E-state index contributed by atoms with van der Waals surface area (Å²) in [4.78, 5) is 15.7. The number of nitrogens with zero attached hydrogens (tertiary/aromatic N) is 3. The summed E-state index contributed by atoms with van der Waals surface area (Å²) >= 11 is 0. The van der Waals surface area contributed by atoms with Crippen LogP contribution in [0.3, 0.4) is 0 Å². The summed E-state index contributed by atoms with van der Waals surface area (Å²) in [5.41, 5.74) is 1.06. The minimum atomic E-state index is -4.45. The fourth-order valence-corrected chi connectivity index (χ4v) is 1.90. The van der Waals surface area contributed by atoms with Gasteiger partial charge in [0.1, 0.15) is 5.69 Å². The zero-order chi connectivity index (χ0) is 17.6. The fraction of sp³-hybridized carbons (Fsp3) is 0.400. The van der Waals surface area contributed by atoms with Gasteiger partial charge in [0.15, 0.2) is 6.61 Å². The number of amides is 1. The van der Waals surface area contributed by atoms with Crippen LogP contribution >= 0.6 is 0 Å². The van der Waals surface area contributed by atoms with Crippen molar-refractivity contribution in [2.45, 2.75) is 26.1 Å². The number of hydrogen-bond acceptors (Lipinski definition) is 4. The Morgan fingerprint density at radius 1 is 1.38 bits per heavy atom. The summed E-state index contributed by atoms with van der Waals surface area (Å²) in [6.07, 6.45) is -0.151. The molecule has 6 nitrogen and oxygen atoms in total. The number of ether oxygens (including phenoxy) is 1. The molecule has 1 N–H and O–H groups in total. The summed E-state index contributed by atoms with van der Waals surface area (Å²) in [6.45, 7) is 1.53. The lowest BCUT2D eigenvalue weighted by atomic mass is 10.3. The SMILES string of the molecule is Cc1cnn(CCCNC(=O)c2cccc(OCC(F)(F)F)n2)c1. The lowest BCUT2D eigenvalue weighted by Gasteiger charge is -2.09. The molecule has 0 saturated carbocycles. The summed E-state index contributed by atoms with van der Waals surface area (Å²) in [5, 5.41) is 6.78. The first-order valence-corrected chi connectivity index (χ1v) is 7.27. The molecular weight excluding hydrogens is 325 g/mol. The van der Waals surface area contributed by atoms with E-state index in [2.05, 4.69) is 20.1 Å². The first-order valence-electron chi connectivity index (χ1n) is 7.27. The van der Waals surface area contributed by atoms with Gasteiger partial charge in [0.25, 0.3) is 5.91 Å². The van der Waals surface area contributed by atoms with Crippen LogP contribution in [0.25, 0.3) is 0 Å². The molecule has 0 aliphatic rings. The number of rotatable bonds is 7. The summed E-state index contributed by atoms with van der Waals surface area (Å²) < 4.78 is 42.6. The second-order valence-corrected chi connectivity index (χ2v) is 5.16. The Balaban J connectivity index is 1.79. The van der Waals surface area contributed by atoms with E-state index >= 15 is 0 Å². The Bertz CT molecular complexity index is 685. The van der Waals surface area contributed by atoms with Crippen molar-refractivity contribution in [3.05, 3.63) is 41.9 Å². The van der Waals surface area contributed by atoms with Gasteiger partial charge in [-0.2, -0.15) is 18.3 Å². The van der Waals surface area contributed by atoms with Gasteiger partial charge in [-0.15, -0.1) is 0 Å². The van der Waals surface area contributed by atoms with Gasteiger partial charge in [0.2, 0.25) is 5.88 Å². The maximum absolute atomic E-state index is 12.1. The predicted octanol–water partition coefficient (Wildman–Crippen LogP) is 2.35. The van der Waals surface area contributed by atoms with Crippen LogP contribution < -0.4 is 10.1 Å². The molecule has 0 aromatic carbocycles. The van der Waals surface area contributed by atoms with Crippen LogP contribution in [0.5, 0.6) is 5.88 Å². The van der Waals surface area contributed by atoms with Crippen LogP contribution in [0.1, 0.15) is 22.5 Å². The van der Waals surface area contributed by atoms with E-state index in [1.54, 1.807) is 10.9 Å². The van der Waals surface area contributed by atoms with E-state index in [4.69, 9.17) is 0 Å². The number of alkyl halides is 3. The number of halogens is 3.